The first-order chi connectivity index (χ1) is 7.63. The normalized spacial score (nSPS) is 18.4. The van der Waals surface area contributed by atoms with Crippen LogP contribution in [-0.4, -0.2) is 26.7 Å². The summed E-state index contributed by atoms with van der Waals surface area (Å²) in [6.45, 7) is 0.814. The molecule has 0 saturated heterocycles. The fourth-order valence-electron chi connectivity index (χ4n) is 2.24. The Labute approximate surface area is 100.0 Å². The lowest BCUT2D eigenvalue weighted by Gasteiger charge is -2.13. The Morgan fingerprint density at radius 2 is 2.38 bits per heavy atom. The molecule has 0 bridgehead atoms. The molecule has 16 heavy (non-hydrogen) atoms. The lowest BCUT2D eigenvalue weighted by Crippen LogP contribution is -2.17. The van der Waals surface area contributed by atoms with Crippen LogP contribution in [-0.2, 0) is 9.53 Å². The maximum Gasteiger partial charge on any atom is 0.306 e. The van der Waals surface area contributed by atoms with Gasteiger partial charge in [0.05, 0.1) is 24.2 Å². The molecule has 0 amide bonds. The van der Waals surface area contributed by atoms with E-state index in [2.05, 4.69) is 4.90 Å². The van der Waals surface area contributed by atoms with Crippen molar-refractivity contribution in [1.82, 2.24) is 0 Å². The lowest BCUT2D eigenvalue weighted by molar-refractivity contribution is -0.140. The van der Waals surface area contributed by atoms with Gasteiger partial charge < -0.3 is 9.64 Å². The zero-order valence-corrected chi connectivity index (χ0v) is 10.1. The summed E-state index contributed by atoms with van der Waals surface area (Å²) in [4.78, 5) is 13.4. The molecule has 0 N–H and O–H groups in total. The average molecular weight is 240 g/mol. The predicted octanol–water partition coefficient (Wildman–Crippen LogP) is 2.44. The maximum atomic E-state index is 11.3. The lowest BCUT2D eigenvalue weighted by atomic mass is 9.98. The van der Waals surface area contributed by atoms with E-state index in [9.17, 15) is 4.79 Å². The number of rotatable bonds is 2. The number of nitrogens with zero attached hydrogens (tertiary/aromatic N) is 1. The van der Waals surface area contributed by atoms with Crippen molar-refractivity contribution in [2.75, 3.05) is 25.6 Å². The van der Waals surface area contributed by atoms with Crippen LogP contribution in [0.25, 0.3) is 0 Å². The van der Waals surface area contributed by atoms with Crippen LogP contribution in [0.5, 0.6) is 0 Å². The van der Waals surface area contributed by atoms with E-state index in [4.69, 9.17) is 16.3 Å². The van der Waals surface area contributed by atoms with E-state index in [0.717, 1.165) is 22.8 Å². The number of hydrogen-bond donors (Lipinski definition) is 0. The van der Waals surface area contributed by atoms with Crippen LogP contribution >= 0.6 is 11.6 Å². The first kappa shape index (κ1) is 11.3. The Morgan fingerprint density at radius 1 is 1.62 bits per heavy atom. The van der Waals surface area contributed by atoms with Crippen LogP contribution in [0, 0.1) is 0 Å². The quantitative estimate of drug-likeness (QED) is 0.743. The molecule has 0 spiro atoms. The fourth-order valence-corrected chi connectivity index (χ4v) is 2.57. The number of anilines is 1. The van der Waals surface area contributed by atoms with E-state index in [1.165, 1.54) is 7.11 Å². The van der Waals surface area contributed by atoms with Gasteiger partial charge in [0.15, 0.2) is 0 Å². The molecule has 0 saturated carbocycles. The van der Waals surface area contributed by atoms with Crippen molar-refractivity contribution in [2.45, 2.75) is 12.3 Å². The third kappa shape index (κ3) is 1.87. The summed E-state index contributed by atoms with van der Waals surface area (Å²) in [6.07, 6.45) is 0.411. The maximum absolute atomic E-state index is 11.3. The highest BCUT2D eigenvalue weighted by Gasteiger charge is 2.29. The molecule has 1 aliphatic heterocycles. The Hall–Kier alpha value is -1.22. The second-order valence-corrected chi connectivity index (χ2v) is 4.44. The second kappa shape index (κ2) is 4.34. The summed E-state index contributed by atoms with van der Waals surface area (Å²) in [6, 6.07) is 5.82. The first-order valence-electron chi connectivity index (χ1n) is 5.20. The SMILES string of the molecule is COC(=O)CC1CN(C)c2c(Cl)cccc21. The highest BCUT2D eigenvalue weighted by molar-refractivity contribution is 6.33. The largest absolute Gasteiger partial charge is 0.469 e. The van der Waals surface area contributed by atoms with Crippen LogP contribution in [0.15, 0.2) is 18.2 Å². The predicted molar refractivity (Wildman–Crippen MR) is 64.1 cm³/mol. The number of esters is 1. The third-order valence-corrected chi connectivity index (χ3v) is 3.28. The summed E-state index contributed by atoms with van der Waals surface area (Å²) in [5, 5.41) is 0.743. The number of hydrogen-bond acceptors (Lipinski definition) is 3. The Balaban J connectivity index is 2.29. The molecule has 0 aliphatic carbocycles. The van der Waals surface area contributed by atoms with Gasteiger partial charge in [-0.15, -0.1) is 0 Å². The molecular weight excluding hydrogens is 226 g/mol. The van der Waals surface area contributed by atoms with E-state index in [1.807, 2.05) is 25.2 Å². The van der Waals surface area contributed by atoms with E-state index in [-0.39, 0.29) is 11.9 Å². The van der Waals surface area contributed by atoms with E-state index >= 15 is 0 Å². The highest BCUT2D eigenvalue weighted by atomic mass is 35.5. The molecule has 0 aromatic heterocycles. The zero-order valence-electron chi connectivity index (χ0n) is 9.37. The van der Waals surface area contributed by atoms with Crippen LogP contribution in [0.4, 0.5) is 5.69 Å². The molecule has 1 aromatic carbocycles. The number of fused-ring (bicyclic) bond motifs is 1. The van der Waals surface area contributed by atoms with Gasteiger partial charge in [-0.05, 0) is 11.6 Å². The van der Waals surface area contributed by atoms with Crippen LogP contribution in [0.3, 0.4) is 0 Å². The van der Waals surface area contributed by atoms with Crippen LogP contribution in [0.2, 0.25) is 5.02 Å². The van der Waals surface area contributed by atoms with Gasteiger partial charge in [0.2, 0.25) is 0 Å². The Bertz CT molecular complexity index is 419. The molecule has 1 unspecified atom stereocenters. The smallest absolute Gasteiger partial charge is 0.306 e. The number of halogens is 1. The van der Waals surface area contributed by atoms with E-state index in [1.54, 1.807) is 0 Å². The van der Waals surface area contributed by atoms with Gasteiger partial charge in [-0.25, -0.2) is 0 Å². The molecule has 1 aromatic rings. The number of ether oxygens (including phenoxy) is 1. The molecule has 0 radical (unpaired) electrons. The van der Waals surface area contributed by atoms with Crippen LogP contribution < -0.4 is 4.90 Å². The minimum Gasteiger partial charge on any atom is -0.469 e. The van der Waals surface area contributed by atoms with Gasteiger partial charge in [-0.1, -0.05) is 23.7 Å². The van der Waals surface area contributed by atoms with Gasteiger partial charge in [-0.3, -0.25) is 4.79 Å². The number of para-hydroxylation sites is 1. The molecule has 1 heterocycles. The van der Waals surface area contributed by atoms with Crippen molar-refractivity contribution < 1.29 is 9.53 Å². The Morgan fingerprint density at radius 3 is 3.06 bits per heavy atom. The molecule has 0 fully saturated rings. The minimum absolute atomic E-state index is 0.175. The summed E-state index contributed by atoms with van der Waals surface area (Å²) >= 11 is 6.14. The molecule has 1 aliphatic rings. The molecule has 86 valence electrons. The summed E-state index contributed by atoms with van der Waals surface area (Å²) in [5.41, 5.74) is 2.18. The van der Waals surface area contributed by atoms with Gasteiger partial charge in [0, 0.05) is 19.5 Å². The summed E-state index contributed by atoms with van der Waals surface area (Å²) < 4.78 is 4.70. The second-order valence-electron chi connectivity index (χ2n) is 4.04. The molecule has 4 heteroatoms. The molecule has 1 atom stereocenters. The first-order valence-corrected chi connectivity index (χ1v) is 5.57. The van der Waals surface area contributed by atoms with Crippen molar-refractivity contribution in [3.8, 4) is 0 Å². The topological polar surface area (TPSA) is 29.5 Å². The van der Waals surface area contributed by atoms with Crippen molar-refractivity contribution in [3.63, 3.8) is 0 Å². The summed E-state index contributed by atoms with van der Waals surface area (Å²) in [5.74, 6) is 0.0115. The van der Waals surface area contributed by atoms with Gasteiger partial charge in [-0.2, -0.15) is 0 Å². The van der Waals surface area contributed by atoms with Gasteiger partial charge in [0.1, 0.15) is 0 Å². The zero-order chi connectivity index (χ0) is 11.7. The van der Waals surface area contributed by atoms with E-state index in [0.29, 0.717) is 6.42 Å². The van der Waals surface area contributed by atoms with Gasteiger partial charge >= 0.3 is 5.97 Å². The minimum atomic E-state index is -0.175. The monoisotopic (exact) mass is 239 g/mol. The number of benzene rings is 1. The third-order valence-electron chi connectivity index (χ3n) is 2.97. The van der Waals surface area contributed by atoms with Crippen molar-refractivity contribution in [2.24, 2.45) is 0 Å². The number of methoxy groups -OCH3 is 1. The molecule has 3 nitrogen and oxygen atoms in total. The van der Waals surface area contributed by atoms with Crippen molar-refractivity contribution in [1.29, 1.82) is 0 Å². The van der Waals surface area contributed by atoms with Gasteiger partial charge in [0.25, 0.3) is 0 Å². The number of carbonyl (C=O) groups excluding carboxylic acids is 1. The fraction of sp³-hybridized carbons (Fsp3) is 0.417. The standard InChI is InChI=1S/C12H14ClNO2/c1-14-7-8(6-11(15)16-2)9-4-3-5-10(13)12(9)14/h3-5,8H,6-7H2,1-2H3. The highest BCUT2D eigenvalue weighted by Crippen LogP contribution is 2.41. The van der Waals surface area contributed by atoms with E-state index < -0.39 is 0 Å². The summed E-state index contributed by atoms with van der Waals surface area (Å²) in [7, 11) is 3.40. The average Bonchev–Trinajstić information content (AvgIpc) is 2.57. The Kier molecular flexibility index (Phi) is 3.06. The van der Waals surface area contributed by atoms with Crippen molar-refractivity contribution in [3.05, 3.63) is 28.8 Å². The van der Waals surface area contributed by atoms with Crippen LogP contribution in [0.1, 0.15) is 17.9 Å². The van der Waals surface area contributed by atoms with Crippen molar-refractivity contribution >= 4 is 23.3 Å². The molecular formula is C12H14ClNO2. The molecule has 2 rings (SSSR count). The number of carbonyl (C=O) groups is 1. The number of likely N-dealkylation sites (N-methyl/N-ethyl adjacent to an activating group) is 1.